The second-order valence-corrected chi connectivity index (χ2v) is 16.6. The van der Waals surface area contributed by atoms with Gasteiger partial charge in [-0.2, -0.15) is 13.2 Å². The monoisotopic (exact) mass is 517 g/mol. The molecule has 0 radical (unpaired) electrons. The molecule has 1 aromatic rings. The quantitative estimate of drug-likeness (QED) is 0.389. The molecule has 0 spiro atoms. The number of rotatable bonds is 6. The van der Waals surface area contributed by atoms with Gasteiger partial charge in [0.1, 0.15) is 5.60 Å². The molecular formula is C24H34F3NO6Si. The number of alkyl halides is 3. The van der Waals surface area contributed by atoms with Crippen LogP contribution in [0.3, 0.4) is 0 Å². The van der Waals surface area contributed by atoms with Crippen LogP contribution in [0.1, 0.15) is 54.6 Å². The van der Waals surface area contributed by atoms with E-state index >= 15 is 0 Å². The number of ether oxygens (including phenoxy) is 2. The van der Waals surface area contributed by atoms with E-state index in [0.717, 1.165) is 23.1 Å². The van der Waals surface area contributed by atoms with Crippen molar-refractivity contribution >= 4 is 26.1 Å². The van der Waals surface area contributed by atoms with Crippen molar-refractivity contribution in [2.75, 3.05) is 19.7 Å². The second-order valence-electron chi connectivity index (χ2n) is 11.0. The summed E-state index contributed by atoms with van der Waals surface area (Å²) in [6.07, 6.45) is -5.80. The number of carbonyl (C=O) groups is 3. The molecule has 0 aromatic heterocycles. The van der Waals surface area contributed by atoms with E-state index in [-0.39, 0.29) is 37.2 Å². The molecule has 7 nitrogen and oxygen atoms in total. The van der Waals surface area contributed by atoms with Crippen molar-refractivity contribution in [2.45, 2.75) is 70.6 Å². The highest BCUT2D eigenvalue weighted by Crippen LogP contribution is 2.39. The molecule has 2 atom stereocenters. The number of piperidine rings is 1. The average molecular weight is 518 g/mol. The molecular weight excluding hydrogens is 483 g/mol. The van der Waals surface area contributed by atoms with E-state index < -0.39 is 55.3 Å². The van der Waals surface area contributed by atoms with E-state index in [1.54, 1.807) is 20.8 Å². The lowest BCUT2D eigenvalue weighted by Crippen LogP contribution is -2.45. The number of amides is 1. The van der Waals surface area contributed by atoms with Crippen molar-refractivity contribution in [2.24, 2.45) is 5.92 Å². The van der Waals surface area contributed by atoms with Crippen LogP contribution in [0.2, 0.25) is 25.7 Å². The van der Waals surface area contributed by atoms with Gasteiger partial charge in [0, 0.05) is 27.1 Å². The first-order valence-electron chi connectivity index (χ1n) is 11.5. The summed E-state index contributed by atoms with van der Waals surface area (Å²) in [6, 6.07) is 3.41. The van der Waals surface area contributed by atoms with Crippen molar-refractivity contribution in [3.8, 4) is 0 Å². The molecule has 0 saturated carbocycles. The predicted octanol–water partition coefficient (Wildman–Crippen LogP) is 5.63. The summed E-state index contributed by atoms with van der Waals surface area (Å²) in [4.78, 5) is 38.7. The number of hydrogen-bond acceptors (Lipinski definition) is 5. The van der Waals surface area contributed by atoms with Crippen LogP contribution in [0.5, 0.6) is 0 Å². The number of esters is 2. The number of hydrogen-bond donors (Lipinski definition) is 1. The molecule has 35 heavy (non-hydrogen) atoms. The number of carboxylic acid groups (broad SMARTS) is 1. The Morgan fingerprint density at radius 2 is 1.77 bits per heavy atom. The van der Waals surface area contributed by atoms with Crippen molar-refractivity contribution in [1.82, 2.24) is 4.90 Å². The zero-order valence-electron chi connectivity index (χ0n) is 21.0. The number of halogens is 3. The standard InChI is InChI=1S/C24H34F3NO6Si/c1-23(2,3)34-21(30)18-13-15(24(25,26)27)7-8-16(18)19-14-28(22(31)32)10-9-17(19)20(29)33-11-12-35(4,5)6/h7-8,13,17,19H,9-12,14H2,1-6H3,(H,31,32). The zero-order valence-corrected chi connectivity index (χ0v) is 22.0. The lowest BCUT2D eigenvalue weighted by molar-refractivity contribution is -0.150. The van der Waals surface area contributed by atoms with Crippen LogP contribution in [-0.2, 0) is 20.4 Å². The molecule has 196 valence electrons. The normalized spacial score (nSPS) is 19.3. The molecule has 2 rings (SSSR count). The van der Waals surface area contributed by atoms with Gasteiger partial charge in [0.15, 0.2) is 0 Å². The number of likely N-dealkylation sites (tertiary alicyclic amines) is 1. The fraction of sp³-hybridized carbons (Fsp3) is 0.625. The van der Waals surface area contributed by atoms with E-state index in [1.807, 2.05) is 0 Å². The first-order chi connectivity index (χ1) is 15.9. The van der Waals surface area contributed by atoms with Gasteiger partial charge >= 0.3 is 24.2 Å². The third-order valence-electron chi connectivity index (χ3n) is 5.68. The smallest absolute Gasteiger partial charge is 0.416 e. The van der Waals surface area contributed by atoms with Crippen LogP contribution in [0.15, 0.2) is 18.2 Å². The minimum atomic E-state index is -4.70. The fourth-order valence-corrected chi connectivity index (χ4v) is 4.57. The second kappa shape index (κ2) is 10.6. The van der Waals surface area contributed by atoms with Crippen molar-refractivity contribution < 1.29 is 42.1 Å². The van der Waals surface area contributed by atoms with Gasteiger partial charge in [-0.15, -0.1) is 0 Å². The van der Waals surface area contributed by atoms with Gasteiger partial charge in [0.25, 0.3) is 0 Å². The molecule has 1 aliphatic heterocycles. The van der Waals surface area contributed by atoms with Gasteiger partial charge in [0.05, 0.1) is 23.7 Å². The molecule has 1 amide bonds. The van der Waals surface area contributed by atoms with E-state index in [0.29, 0.717) is 6.07 Å². The summed E-state index contributed by atoms with van der Waals surface area (Å²) < 4.78 is 51.2. The van der Waals surface area contributed by atoms with Crippen molar-refractivity contribution in [1.29, 1.82) is 0 Å². The minimum Gasteiger partial charge on any atom is -0.466 e. The van der Waals surface area contributed by atoms with Crippen LogP contribution in [0, 0.1) is 5.92 Å². The molecule has 1 aromatic carbocycles. The van der Waals surface area contributed by atoms with Crippen LogP contribution in [-0.4, -0.2) is 61.4 Å². The maximum absolute atomic E-state index is 13.4. The van der Waals surface area contributed by atoms with Gasteiger partial charge in [-0.3, -0.25) is 4.79 Å². The van der Waals surface area contributed by atoms with Crippen LogP contribution < -0.4 is 0 Å². The first kappa shape index (κ1) is 28.7. The van der Waals surface area contributed by atoms with Gasteiger partial charge < -0.3 is 19.5 Å². The third kappa shape index (κ3) is 8.26. The Balaban J connectivity index is 2.51. The van der Waals surface area contributed by atoms with Crippen LogP contribution in [0.4, 0.5) is 18.0 Å². The van der Waals surface area contributed by atoms with Gasteiger partial charge in [0.2, 0.25) is 0 Å². The molecule has 0 bridgehead atoms. The summed E-state index contributed by atoms with van der Waals surface area (Å²) in [5.41, 5.74) is -2.23. The molecule has 0 aliphatic carbocycles. The summed E-state index contributed by atoms with van der Waals surface area (Å²) in [5.74, 6) is -3.21. The maximum Gasteiger partial charge on any atom is 0.416 e. The third-order valence-corrected chi connectivity index (χ3v) is 7.39. The van der Waals surface area contributed by atoms with Crippen LogP contribution in [0.25, 0.3) is 0 Å². The van der Waals surface area contributed by atoms with E-state index in [2.05, 4.69) is 19.6 Å². The van der Waals surface area contributed by atoms with E-state index in [1.165, 1.54) is 0 Å². The number of carbonyl (C=O) groups excluding carboxylic acids is 2. The molecule has 11 heteroatoms. The molecule has 2 unspecified atom stereocenters. The summed E-state index contributed by atoms with van der Waals surface area (Å²) in [6.45, 7) is 11.3. The van der Waals surface area contributed by atoms with E-state index in [4.69, 9.17) is 9.47 Å². The number of benzene rings is 1. The first-order valence-corrected chi connectivity index (χ1v) is 15.2. The Bertz CT molecular complexity index is 952. The molecule has 1 N–H and O–H groups in total. The zero-order chi connectivity index (χ0) is 26.8. The Kier molecular flexibility index (Phi) is 8.68. The molecule has 1 saturated heterocycles. The number of nitrogens with zero attached hydrogens (tertiary/aromatic N) is 1. The van der Waals surface area contributed by atoms with Crippen molar-refractivity contribution in [3.63, 3.8) is 0 Å². The molecule has 1 heterocycles. The predicted molar refractivity (Wildman–Crippen MR) is 126 cm³/mol. The Labute approximate surface area is 204 Å². The minimum absolute atomic E-state index is 0.0715. The topological polar surface area (TPSA) is 93.1 Å². The lowest BCUT2D eigenvalue weighted by atomic mass is 9.78. The SMILES string of the molecule is CC(C)(C)OC(=O)c1cc(C(F)(F)F)ccc1C1CN(C(=O)O)CCC1C(=O)OCC[Si](C)(C)C. The summed E-state index contributed by atoms with van der Waals surface area (Å²) >= 11 is 0. The maximum atomic E-state index is 13.4. The summed E-state index contributed by atoms with van der Waals surface area (Å²) in [5, 5.41) is 9.51. The molecule has 1 fully saturated rings. The molecule has 1 aliphatic rings. The largest absolute Gasteiger partial charge is 0.466 e. The summed E-state index contributed by atoms with van der Waals surface area (Å²) in [7, 11) is -1.48. The van der Waals surface area contributed by atoms with Crippen LogP contribution >= 0.6 is 0 Å². The highest BCUT2D eigenvalue weighted by molar-refractivity contribution is 6.76. The average Bonchev–Trinajstić information content (AvgIpc) is 2.69. The Morgan fingerprint density at radius 3 is 2.29 bits per heavy atom. The van der Waals surface area contributed by atoms with E-state index in [9.17, 15) is 32.7 Å². The highest BCUT2D eigenvalue weighted by Gasteiger charge is 2.41. The highest BCUT2D eigenvalue weighted by atomic mass is 28.3. The Morgan fingerprint density at radius 1 is 1.14 bits per heavy atom. The Hall–Kier alpha value is -2.56. The van der Waals surface area contributed by atoms with Gasteiger partial charge in [-0.1, -0.05) is 25.7 Å². The van der Waals surface area contributed by atoms with Gasteiger partial charge in [-0.25, -0.2) is 9.59 Å². The van der Waals surface area contributed by atoms with Gasteiger partial charge in [-0.05, 0) is 50.9 Å². The van der Waals surface area contributed by atoms with Crippen molar-refractivity contribution in [3.05, 3.63) is 34.9 Å². The fourth-order valence-electron chi connectivity index (χ4n) is 3.85. The lowest BCUT2D eigenvalue weighted by Gasteiger charge is -2.37.